The minimum absolute atomic E-state index is 0.287. The van der Waals surface area contributed by atoms with E-state index in [1.165, 1.54) is 12.7 Å². The molecule has 0 aliphatic carbocycles. The molecule has 3 rings (SSSR count). The molecule has 1 aromatic carbocycles. The number of esters is 1. The van der Waals surface area contributed by atoms with Gasteiger partial charge in [0.25, 0.3) is 0 Å². The van der Waals surface area contributed by atoms with Gasteiger partial charge in [-0.2, -0.15) is 0 Å². The Balaban J connectivity index is 1.79. The van der Waals surface area contributed by atoms with Crippen LogP contribution >= 0.6 is 0 Å². The summed E-state index contributed by atoms with van der Waals surface area (Å²) in [5.41, 5.74) is 1.83. The highest BCUT2D eigenvalue weighted by atomic mass is 16.5. The molecule has 4 heteroatoms. The van der Waals surface area contributed by atoms with Gasteiger partial charge >= 0.3 is 5.97 Å². The number of methoxy groups -OCH3 is 1. The predicted molar refractivity (Wildman–Crippen MR) is 71.0 cm³/mol. The van der Waals surface area contributed by atoms with E-state index in [0.717, 1.165) is 26.0 Å². The van der Waals surface area contributed by atoms with E-state index in [4.69, 9.17) is 9.47 Å². The maximum Gasteiger partial charge on any atom is 0.337 e. The van der Waals surface area contributed by atoms with Crippen LogP contribution in [0.15, 0.2) is 24.3 Å². The van der Waals surface area contributed by atoms with E-state index in [9.17, 15) is 4.79 Å². The van der Waals surface area contributed by atoms with E-state index < -0.39 is 0 Å². The van der Waals surface area contributed by atoms with Crippen molar-refractivity contribution >= 4 is 5.97 Å². The molecule has 2 saturated heterocycles. The van der Waals surface area contributed by atoms with Gasteiger partial charge in [-0.05, 0) is 37.1 Å². The van der Waals surface area contributed by atoms with Gasteiger partial charge in [-0.15, -0.1) is 0 Å². The molecule has 0 bridgehead atoms. The van der Waals surface area contributed by atoms with E-state index in [1.54, 1.807) is 0 Å². The number of nitrogens with one attached hydrogen (secondary N) is 1. The van der Waals surface area contributed by atoms with Crippen LogP contribution in [-0.2, 0) is 9.47 Å². The Hall–Kier alpha value is -1.39. The molecule has 0 aromatic heterocycles. The van der Waals surface area contributed by atoms with Crippen LogP contribution in [0.5, 0.6) is 0 Å². The van der Waals surface area contributed by atoms with Crippen LogP contribution in [0.4, 0.5) is 0 Å². The molecule has 19 heavy (non-hydrogen) atoms. The number of rotatable bonds is 2. The van der Waals surface area contributed by atoms with Crippen LogP contribution in [0.2, 0.25) is 0 Å². The maximum atomic E-state index is 11.4. The molecule has 0 radical (unpaired) electrons. The second kappa shape index (κ2) is 5.31. The van der Waals surface area contributed by atoms with Crippen LogP contribution < -0.4 is 5.32 Å². The number of fused-ring (bicyclic) bond motifs is 1. The number of ether oxygens (including phenoxy) is 2. The number of carbonyl (C=O) groups is 1. The van der Waals surface area contributed by atoms with Crippen LogP contribution in [0.1, 0.15) is 34.8 Å². The molecule has 0 saturated carbocycles. The van der Waals surface area contributed by atoms with Crippen molar-refractivity contribution in [3.05, 3.63) is 35.4 Å². The van der Waals surface area contributed by atoms with Gasteiger partial charge in [0.2, 0.25) is 0 Å². The Morgan fingerprint density at radius 2 is 2.11 bits per heavy atom. The van der Waals surface area contributed by atoms with Crippen molar-refractivity contribution in [1.29, 1.82) is 0 Å². The minimum Gasteiger partial charge on any atom is -0.465 e. The zero-order valence-electron chi connectivity index (χ0n) is 11.1. The normalized spacial score (nSPS) is 29.8. The second-order valence-corrected chi connectivity index (χ2v) is 5.20. The summed E-state index contributed by atoms with van der Waals surface area (Å²) in [6.07, 6.45) is 2.61. The molecule has 2 fully saturated rings. The fraction of sp³-hybridized carbons (Fsp3) is 0.533. The Labute approximate surface area is 113 Å². The van der Waals surface area contributed by atoms with Gasteiger partial charge in [-0.1, -0.05) is 12.1 Å². The van der Waals surface area contributed by atoms with Crippen molar-refractivity contribution in [2.75, 3.05) is 20.3 Å². The molecule has 3 atom stereocenters. The van der Waals surface area contributed by atoms with E-state index >= 15 is 0 Å². The first-order chi connectivity index (χ1) is 9.29. The average molecular weight is 261 g/mol. The summed E-state index contributed by atoms with van der Waals surface area (Å²) in [7, 11) is 1.40. The minimum atomic E-state index is -0.287. The zero-order valence-corrected chi connectivity index (χ0v) is 11.1. The van der Waals surface area contributed by atoms with Gasteiger partial charge in [0.05, 0.1) is 18.8 Å². The fourth-order valence-electron chi connectivity index (χ4n) is 3.19. The Morgan fingerprint density at radius 1 is 1.32 bits per heavy atom. The van der Waals surface area contributed by atoms with Gasteiger partial charge in [-0.3, -0.25) is 0 Å². The summed E-state index contributed by atoms with van der Waals surface area (Å²) in [6, 6.07) is 8.05. The van der Waals surface area contributed by atoms with Gasteiger partial charge < -0.3 is 14.8 Å². The molecule has 1 aromatic rings. The second-order valence-electron chi connectivity index (χ2n) is 5.20. The van der Waals surface area contributed by atoms with Crippen LogP contribution in [0.25, 0.3) is 0 Å². The molecule has 2 aliphatic heterocycles. The molecule has 3 unspecified atom stereocenters. The lowest BCUT2D eigenvalue weighted by Gasteiger charge is -2.34. The summed E-state index contributed by atoms with van der Waals surface area (Å²) >= 11 is 0. The quantitative estimate of drug-likeness (QED) is 0.826. The number of hydrogen-bond acceptors (Lipinski definition) is 4. The lowest BCUT2D eigenvalue weighted by Crippen LogP contribution is -2.40. The Bertz CT molecular complexity index is 457. The van der Waals surface area contributed by atoms with Crippen molar-refractivity contribution < 1.29 is 14.3 Å². The molecule has 4 nitrogen and oxygen atoms in total. The van der Waals surface area contributed by atoms with Crippen molar-refractivity contribution in [2.24, 2.45) is 5.92 Å². The molecule has 2 heterocycles. The number of hydrogen-bond donors (Lipinski definition) is 1. The number of piperidine rings is 1. The molecule has 2 aliphatic rings. The summed E-state index contributed by atoms with van der Waals surface area (Å²) in [5, 5.41) is 3.57. The number of benzene rings is 1. The SMILES string of the molecule is COC(=O)c1ccc(C2NCCC3OCCC32)cc1. The topological polar surface area (TPSA) is 47.6 Å². The Kier molecular flexibility index (Phi) is 3.53. The largest absolute Gasteiger partial charge is 0.465 e. The van der Waals surface area contributed by atoms with Gasteiger partial charge in [-0.25, -0.2) is 4.79 Å². The standard InChI is InChI=1S/C15H19NO3/c1-18-15(17)11-4-2-10(3-5-11)14-12-7-9-19-13(12)6-8-16-14/h2-5,12-14,16H,6-9H2,1H3. The summed E-state index contributed by atoms with van der Waals surface area (Å²) in [6.45, 7) is 1.86. The highest BCUT2D eigenvalue weighted by molar-refractivity contribution is 5.89. The average Bonchev–Trinajstić information content (AvgIpc) is 2.95. The fourth-order valence-corrected chi connectivity index (χ4v) is 3.19. The van der Waals surface area contributed by atoms with E-state index in [1.807, 2.05) is 24.3 Å². The maximum absolute atomic E-state index is 11.4. The zero-order chi connectivity index (χ0) is 13.2. The highest BCUT2D eigenvalue weighted by Gasteiger charge is 2.38. The first-order valence-electron chi connectivity index (χ1n) is 6.83. The van der Waals surface area contributed by atoms with Gasteiger partial charge in [0.1, 0.15) is 0 Å². The molecule has 0 spiro atoms. The molecular formula is C15H19NO3. The summed E-state index contributed by atoms with van der Waals surface area (Å²) in [4.78, 5) is 11.4. The molecular weight excluding hydrogens is 242 g/mol. The number of carbonyl (C=O) groups excluding carboxylic acids is 1. The van der Waals surface area contributed by atoms with Crippen LogP contribution in [-0.4, -0.2) is 32.3 Å². The summed E-state index contributed by atoms with van der Waals surface area (Å²) in [5.74, 6) is 0.267. The highest BCUT2D eigenvalue weighted by Crippen LogP contribution is 2.37. The first kappa shape index (κ1) is 12.6. The molecule has 1 N–H and O–H groups in total. The predicted octanol–water partition coefficient (Wildman–Crippen LogP) is 1.91. The van der Waals surface area contributed by atoms with Crippen molar-refractivity contribution in [3.63, 3.8) is 0 Å². The van der Waals surface area contributed by atoms with Crippen LogP contribution in [0.3, 0.4) is 0 Å². The van der Waals surface area contributed by atoms with Gasteiger partial charge in [0, 0.05) is 18.6 Å². The van der Waals surface area contributed by atoms with E-state index in [-0.39, 0.29) is 5.97 Å². The van der Waals surface area contributed by atoms with Gasteiger partial charge in [0.15, 0.2) is 0 Å². The third-order valence-electron chi connectivity index (χ3n) is 4.17. The first-order valence-corrected chi connectivity index (χ1v) is 6.83. The third kappa shape index (κ3) is 2.38. The van der Waals surface area contributed by atoms with E-state index in [2.05, 4.69) is 5.32 Å². The van der Waals surface area contributed by atoms with Crippen molar-refractivity contribution in [3.8, 4) is 0 Å². The van der Waals surface area contributed by atoms with E-state index in [0.29, 0.717) is 23.6 Å². The smallest absolute Gasteiger partial charge is 0.337 e. The summed E-state index contributed by atoms with van der Waals surface area (Å²) < 4.78 is 10.5. The molecule has 102 valence electrons. The molecule has 0 amide bonds. The van der Waals surface area contributed by atoms with Crippen molar-refractivity contribution in [2.45, 2.75) is 25.0 Å². The lowest BCUT2D eigenvalue weighted by molar-refractivity contribution is 0.0562. The Morgan fingerprint density at radius 3 is 2.84 bits per heavy atom. The third-order valence-corrected chi connectivity index (χ3v) is 4.17. The monoisotopic (exact) mass is 261 g/mol. The van der Waals surface area contributed by atoms with Crippen LogP contribution in [0, 0.1) is 5.92 Å². The lowest BCUT2D eigenvalue weighted by atomic mass is 9.83. The van der Waals surface area contributed by atoms with Crippen molar-refractivity contribution in [1.82, 2.24) is 5.32 Å².